The second-order valence-electron chi connectivity index (χ2n) is 4.01. The van der Waals surface area contributed by atoms with E-state index in [9.17, 15) is 21.6 Å². The number of anilines is 1. The molecular formula is C10H11F3N2O2S. The summed E-state index contributed by atoms with van der Waals surface area (Å²) in [7, 11) is -3.89. The molecule has 4 nitrogen and oxygen atoms in total. The van der Waals surface area contributed by atoms with Crippen LogP contribution >= 0.6 is 0 Å². The highest BCUT2D eigenvalue weighted by molar-refractivity contribution is 7.93. The minimum Gasteiger partial charge on any atom is -0.315 e. The van der Waals surface area contributed by atoms with Gasteiger partial charge in [0.15, 0.2) is 11.6 Å². The van der Waals surface area contributed by atoms with Crippen molar-refractivity contribution in [3.63, 3.8) is 0 Å². The molecule has 0 aliphatic carbocycles. The molecule has 18 heavy (non-hydrogen) atoms. The Morgan fingerprint density at radius 1 is 1.22 bits per heavy atom. The number of sulfonamides is 1. The van der Waals surface area contributed by atoms with Crippen molar-refractivity contribution in [2.75, 3.05) is 17.8 Å². The maximum Gasteiger partial charge on any atom is 0.237 e. The molecule has 0 bridgehead atoms. The minimum atomic E-state index is -3.89. The first-order chi connectivity index (χ1) is 8.40. The second kappa shape index (κ2) is 4.77. The summed E-state index contributed by atoms with van der Waals surface area (Å²) in [5.74, 6) is -3.65. The molecule has 1 aromatic carbocycles. The summed E-state index contributed by atoms with van der Waals surface area (Å²) < 4.78 is 64.8. The first kappa shape index (κ1) is 13.2. The molecule has 0 amide bonds. The third-order valence-electron chi connectivity index (χ3n) is 2.71. The Hall–Kier alpha value is -1.28. The third kappa shape index (κ3) is 2.59. The van der Waals surface area contributed by atoms with Gasteiger partial charge in [0.1, 0.15) is 11.5 Å². The lowest BCUT2D eigenvalue weighted by Gasteiger charge is -2.14. The van der Waals surface area contributed by atoms with E-state index in [1.54, 1.807) is 0 Å². The van der Waals surface area contributed by atoms with E-state index in [1.165, 1.54) is 0 Å². The van der Waals surface area contributed by atoms with E-state index in [1.807, 2.05) is 4.72 Å². The topological polar surface area (TPSA) is 58.2 Å². The number of benzene rings is 1. The number of halogens is 3. The zero-order chi connectivity index (χ0) is 13.3. The van der Waals surface area contributed by atoms with Gasteiger partial charge in [-0.15, -0.1) is 0 Å². The third-order valence-corrected chi connectivity index (χ3v) is 4.47. The Morgan fingerprint density at radius 3 is 2.33 bits per heavy atom. The monoisotopic (exact) mass is 280 g/mol. The number of rotatable bonds is 3. The lowest BCUT2D eigenvalue weighted by atomic mass is 10.3. The zero-order valence-corrected chi connectivity index (χ0v) is 10.0. The van der Waals surface area contributed by atoms with Crippen LogP contribution in [0.5, 0.6) is 0 Å². The summed E-state index contributed by atoms with van der Waals surface area (Å²) in [4.78, 5) is 0. The molecule has 1 unspecified atom stereocenters. The van der Waals surface area contributed by atoms with Crippen LogP contribution < -0.4 is 10.0 Å². The predicted molar refractivity (Wildman–Crippen MR) is 60.1 cm³/mol. The molecule has 1 atom stereocenters. The van der Waals surface area contributed by atoms with Gasteiger partial charge in [0.05, 0.1) is 5.25 Å². The van der Waals surface area contributed by atoms with Gasteiger partial charge in [-0.25, -0.2) is 21.6 Å². The van der Waals surface area contributed by atoms with E-state index in [4.69, 9.17) is 0 Å². The van der Waals surface area contributed by atoms with E-state index in [-0.39, 0.29) is 6.54 Å². The smallest absolute Gasteiger partial charge is 0.237 e. The van der Waals surface area contributed by atoms with Gasteiger partial charge in [0.25, 0.3) is 0 Å². The van der Waals surface area contributed by atoms with Gasteiger partial charge >= 0.3 is 0 Å². The van der Waals surface area contributed by atoms with Crippen LogP contribution in [0.4, 0.5) is 18.9 Å². The van der Waals surface area contributed by atoms with Crippen molar-refractivity contribution < 1.29 is 21.6 Å². The highest BCUT2D eigenvalue weighted by Crippen LogP contribution is 2.23. The molecule has 1 aromatic rings. The standard InChI is InChI=1S/C10H11F3N2O2S/c11-6-3-8(12)10(9(13)4-6)15-18(16,17)7-1-2-14-5-7/h3-4,7,14-15H,1-2,5H2. The molecule has 1 heterocycles. The fourth-order valence-corrected chi connectivity index (χ4v) is 3.17. The van der Waals surface area contributed by atoms with Crippen LogP contribution in [-0.2, 0) is 10.0 Å². The molecule has 0 saturated carbocycles. The summed E-state index contributed by atoms with van der Waals surface area (Å²) in [6, 6.07) is 0.849. The second-order valence-corrected chi connectivity index (χ2v) is 5.97. The van der Waals surface area contributed by atoms with Crippen molar-refractivity contribution in [1.82, 2.24) is 5.32 Å². The van der Waals surface area contributed by atoms with Gasteiger partial charge in [-0.1, -0.05) is 0 Å². The van der Waals surface area contributed by atoms with Crippen molar-refractivity contribution in [2.24, 2.45) is 0 Å². The van der Waals surface area contributed by atoms with Crippen molar-refractivity contribution in [2.45, 2.75) is 11.7 Å². The molecule has 0 aromatic heterocycles. The summed E-state index contributed by atoms with van der Waals surface area (Å²) >= 11 is 0. The molecule has 1 fully saturated rings. The fourth-order valence-electron chi connectivity index (χ4n) is 1.76. The Balaban J connectivity index is 2.29. The maximum absolute atomic E-state index is 13.3. The Bertz CT molecular complexity index is 533. The van der Waals surface area contributed by atoms with Gasteiger partial charge in [0, 0.05) is 18.7 Å². The summed E-state index contributed by atoms with van der Waals surface area (Å²) in [5, 5.41) is 2.09. The van der Waals surface area contributed by atoms with Crippen LogP contribution in [0.2, 0.25) is 0 Å². The SMILES string of the molecule is O=S(=O)(Nc1c(F)cc(F)cc1F)C1CCNC1. The van der Waals surface area contributed by atoms with Crippen molar-refractivity contribution >= 4 is 15.7 Å². The van der Waals surface area contributed by atoms with Gasteiger partial charge in [-0.2, -0.15) is 0 Å². The molecule has 1 saturated heterocycles. The van der Waals surface area contributed by atoms with E-state index in [0.717, 1.165) is 0 Å². The van der Waals surface area contributed by atoms with Gasteiger partial charge in [0.2, 0.25) is 10.0 Å². The maximum atomic E-state index is 13.3. The largest absolute Gasteiger partial charge is 0.315 e. The van der Waals surface area contributed by atoms with Crippen LogP contribution in [0.3, 0.4) is 0 Å². The molecule has 0 radical (unpaired) electrons. The first-order valence-electron chi connectivity index (χ1n) is 5.27. The van der Waals surface area contributed by atoms with Crippen LogP contribution in [0.15, 0.2) is 12.1 Å². The van der Waals surface area contributed by atoms with E-state index in [2.05, 4.69) is 5.32 Å². The molecule has 0 spiro atoms. The molecule has 1 aliphatic rings. The van der Waals surface area contributed by atoms with E-state index in [0.29, 0.717) is 25.1 Å². The normalized spacial score (nSPS) is 20.1. The van der Waals surface area contributed by atoms with Crippen molar-refractivity contribution in [3.05, 3.63) is 29.6 Å². The average Bonchev–Trinajstić information content (AvgIpc) is 2.77. The van der Waals surface area contributed by atoms with Crippen LogP contribution in [0.25, 0.3) is 0 Å². The highest BCUT2D eigenvalue weighted by atomic mass is 32.2. The molecular weight excluding hydrogens is 269 g/mol. The first-order valence-corrected chi connectivity index (χ1v) is 6.81. The van der Waals surface area contributed by atoms with E-state index < -0.39 is 38.4 Å². The average molecular weight is 280 g/mol. The van der Waals surface area contributed by atoms with E-state index >= 15 is 0 Å². The number of hydrogen-bond acceptors (Lipinski definition) is 3. The van der Waals surface area contributed by atoms with Gasteiger partial charge in [-0.3, -0.25) is 4.72 Å². The quantitative estimate of drug-likeness (QED) is 0.875. The van der Waals surface area contributed by atoms with Crippen LogP contribution in [0.1, 0.15) is 6.42 Å². The van der Waals surface area contributed by atoms with Crippen LogP contribution in [-0.4, -0.2) is 26.8 Å². The zero-order valence-electron chi connectivity index (χ0n) is 9.21. The van der Waals surface area contributed by atoms with Crippen molar-refractivity contribution in [1.29, 1.82) is 0 Å². The molecule has 2 rings (SSSR count). The summed E-state index contributed by atoms with van der Waals surface area (Å²) in [5.41, 5.74) is -0.844. The van der Waals surface area contributed by atoms with Gasteiger partial charge < -0.3 is 5.32 Å². The Kier molecular flexibility index (Phi) is 3.49. The molecule has 2 N–H and O–H groups in total. The molecule has 100 valence electrons. The summed E-state index contributed by atoms with van der Waals surface area (Å²) in [6.45, 7) is 0.750. The van der Waals surface area contributed by atoms with Gasteiger partial charge in [-0.05, 0) is 13.0 Å². The number of nitrogens with one attached hydrogen (secondary N) is 2. The fraction of sp³-hybridized carbons (Fsp3) is 0.400. The number of hydrogen-bond donors (Lipinski definition) is 2. The molecule has 8 heteroatoms. The lowest BCUT2D eigenvalue weighted by Crippen LogP contribution is -2.30. The van der Waals surface area contributed by atoms with Crippen LogP contribution in [0, 0.1) is 17.5 Å². The highest BCUT2D eigenvalue weighted by Gasteiger charge is 2.30. The Labute approximate surface area is 102 Å². The minimum absolute atomic E-state index is 0.222. The Morgan fingerprint density at radius 2 is 1.83 bits per heavy atom. The predicted octanol–water partition coefficient (Wildman–Crippen LogP) is 1.21. The lowest BCUT2D eigenvalue weighted by molar-refractivity contribution is 0.546. The summed E-state index contributed by atoms with van der Waals surface area (Å²) in [6.07, 6.45) is 0.361. The van der Waals surface area contributed by atoms with Crippen molar-refractivity contribution in [3.8, 4) is 0 Å². The molecule has 1 aliphatic heterocycles.